The Morgan fingerprint density at radius 3 is 2.77 bits per heavy atom. The number of aromatic nitrogens is 2. The molecule has 1 amide bonds. The Morgan fingerprint density at radius 1 is 1.23 bits per heavy atom. The summed E-state index contributed by atoms with van der Waals surface area (Å²) < 4.78 is 6.71. The normalized spacial score (nSPS) is 12.1. The van der Waals surface area contributed by atoms with E-state index in [9.17, 15) is 9.59 Å². The van der Waals surface area contributed by atoms with Crippen molar-refractivity contribution in [1.29, 1.82) is 0 Å². The molecule has 6 nitrogen and oxygen atoms in total. The van der Waals surface area contributed by atoms with E-state index < -0.39 is 5.25 Å². The fourth-order valence-corrected chi connectivity index (χ4v) is 4.13. The predicted octanol–water partition coefficient (Wildman–Crippen LogP) is 4.86. The van der Waals surface area contributed by atoms with Gasteiger partial charge in [0.15, 0.2) is 5.16 Å². The fourth-order valence-electron chi connectivity index (χ4n) is 2.85. The average molecular weight is 466 g/mol. The number of halogens is 2. The van der Waals surface area contributed by atoms with Gasteiger partial charge in [0.2, 0.25) is 5.91 Å². The summed E-state index contributed by atoms with van der Waals surface area (Å²) in [5, 5.41) is 3.92. The molecular formula is C21H21Cl2N3O3S. The second-order valence-corrected chi connectivity index (χ2v) is 8.66. The molecule has 0 spiro atoms. The van der Waals surface area contributed by atoms with Gasteiger partial charge < -0.3 is 10.1 Å². The molecule has 0 fully saturated rings. The summed E-state index contributed by atoms with van der Waals surface area (Å²) in [6, 6.07) is 12.2. The first-order valence-corrected chi connectivity index (χ1v) is 11.0. The number of nitrogens with zero attached hydrogens (tertiary/aromatic N) is 2. The van der Waals surface area contributed by atoms with Crippen molar-refractivity contribution in [1.82, 2.24) is 9.55 Å². The van der Waals surface area contributed by atoms with Crippen molar-refractivity contribution in [2.45, 2.75) is 30.3 Å². The van der Waals surface area contributed by atoms with E-state index in [0.29, 0.717) is 46.3 Å². The van der Waals surface area contributed by atoms with Crippen molar-refractivity contribution >= 4 is 57.5 Å². The van der Waals surface area contributed by atoms with Gasteiger partial charge in [0.25, 0.3) is 5.56 Å². The third kappa shape index (κ3) is 5.16. The lowest BCUT2D eigenvalue weighted by molar-refractivity contribution is -0.115. The van der Waals surface area contributed by atoms with Crippen molar-refractivity contribution in [3.8, 4) is 0 Å². The van der Waals surface area contributed by atoms with E-state index in [1.807, 2.05) is 12.1 Å². The Balaban J connectivity index is 1.87. The molecule has 1 atom stereocenters. The summed E-state index contributed by atoms with van der Waals surface area (Å²) in [6.07, 6.45) is 0.655. The second-order valence-electron chi connectivity index (χ2n) is 6.57. The Hall–Kier alpha value is -2.06. The molecule has 30 heavy (non-hydrogen) atoms. The Kier molecular flexibility index (Phi) is 7.77. The number of para-hydroxylation sites is 1. The molecule has 9 heteroatoms. The number of anilines is 1. The standard InChI is InChI=1S/C21H21Cl2N3O3S/c1-13(19(27)24-17-10-5-8-15(22)18(17)23)30-21-25-16-9-4-3-7-14(16)20(28)26(21)11-6-12-29-2/h3-5,7-10,13H,6,11-12H2,1-2H3,(H,24,27). The van der Waals surface area contributed by atoms with E-state index in [2.05, 4.69) is 10.3 Å². The van der Waals surface area contributed by atoms with Gasteiger partial charge in [-0.25, -0.2) is 4.98 Å². The lowest BCUT2D eigenvalue weighted by atomic mass is 10.2. The summed E-state index contributed by atoms with van der Waals surface area (Å²) >= 11 is 13.4. The number of methoxy groups -OCH3 is 1. The summed E-state index contributed by atoms with van der Waals surface area (Å²) in [7, 11) is 1.62. The van der Waals surface area contributed by atoms with Gasteiger partial charge in [-0.1, -0.05) is 53.2 Å². The third-order valence-electron chi connectivity index (χ3n) is 4.42. The van der Waals surface area contributed by atoms with Crippen LogP contribution in [0.15, 0.2) is 52.4 Å². The molecule has 1 aromatic heterocycles. The Morgan fingerprint density at radius 2 is 2.00 bits per heavy atom. The van der Waals surface area contributed by atoms with Crippen LogP contribution in [0, 0.1) is 0 Å². The minimum atomic E-state index is -0.526. The molecule has 158 valence electrons. The predicted molar refractivity (Wildman–Crippen MR) is 123 cm³/mol. The lowest BCUT2D eigenvalue weighted by Crippen LogP contribution is -2.27. The van der Waals surface area contributed by atoms with Gasteiger partial charge in [-0.3, -0.25) is 14.2 Å². The van der Waals surface area contributed by atoms with Crippen LogP contribution in [0.25, 0.3) is 10.9 Å². The minimum absolute atomic E-state index is 0.135. The van der Waals surface area contributed by atoms with Gasteiger partial charge in [-0.15, -0.1) is 0 Å². The number of hydrogen-bond donors (Lipinski definition) is 1. The number of carbonyl (C=O) groups excluding carboxylic acids is 1. The van der Waals surface area contributed by atoms with E-state index in [1.165, 1.54) is 11.8 Å². The highest BCUT2D eigenvalue weighted by molar-refractivity contribution is 8.00. The van der Waals surface area contributed by atoms with Crippen LogP contribution in [0.1, 0.15) is 13.3 Å². The molecule has 3 rings (SSSR count). The second kappa shape index (κ2) is 10.3. The van der Waals surface area contributed by atoms with E-state index in [-0.39, 0.29) is 16.5 Å². The summed E-state index contributed by atoms with van der Waals surface area (Å²) in [4.78, 5) is 30.4. The minimum Gasteiger partial charge on any atom is -0.385 e. The number of benzene rings is 2. The van der Waals surface area contributed by atoms with Crippen LogP contribution < -0.4 is 10.9 Å². The van der Waals surface area contributed by atoms with Crippen LogP contribution in [0.5, 0.6) is 0 Å². The first-order valence-electron chi connectivity index (χ1n) is 9.32. The maximum absolute atomic E-state index is 13.0. The number of ether oxygens (including phenoxy) is 1. The smallest absolute Gasteiger partial charge is 0.262 e. The maximum Gasteiger partial charge on any atom is 0.262 e. The molecule has 0 saturated carbocycles. The van der Waals surface area contributed by atoms with Gasteiger partial charge in [0, 0.05) is 20.3 Å². The fraction of sp³-hybridized carbons (Fsp3) is 0.286. The van der Waals surface area contributed by atoms with E-state index >= 15 is 0 Å². The van der Waals surface area contributed by atoms with Crippen LogP contribution in [0.2, 0.25) is 10.0 Å². The van der Waals surface area contributed by atoms with Gasteiger partial charge >= 0.3 is 0 Å². The molecule has 0 aliphatic carbocycles. The largest absolute Gasteiger partial charge is 0.385 e. The Bertz CT molecular complexity index is 1120. The highest BCUT2D eigenvalue weighted by Crippen LogP contribution is 2.30. The highest BCUT2D eigenvalue weighted by atomic mass is 35.5. The zero-order chi connectivity index (χ0) is 21.7. The zero-order valence-electron chi connectivity index (χ0n) is 16.5. The summed E-state index contributed by atoms with van der Waals surface area (Å²) in [5.74, 6) is -0.269. The number of carbonyl (C=O) groups is 1. The molecule has 2 aromatic carbocycles. The van der Waals surface area contributed by atoms with E-state index in [1.54, 1.807) is 48.9 Å². The maximum atomic E-state index is 13.0. The molecule has 3 aromatic rings. The molecule has 1 N–H and O–H groups in total. The van der Waals surface area contributed by atoms with Crippen LogP contribution in [0.4, 0.5) is 5.69 Å². The molecule has 0 radical (unpaired) electrons. The van der Waals surface area contributed by atoms with Gasteiger partial charge in [-0.05, 0) is 37.6 Å². The third-order valence-corrected chi connectivity index (χ3v) is 6.33. The van der Waals surface area contributed by atoms with Crippen LogP contribution >= 0.6 is 35.0 Å². The highest BCUT2D eigenvalue weighted by Gasteiger charge is 2.20. The number of hydrogen-bond acceptors (Lipinski definition) is 5. The van der Waals surface area contributed by atoms with Gasteiger partial charge in [0.1, 0.15) is 0 Å². The van der Waals surface area contributed by atoms with Crippen LogP contribution in [-0.2, 0) is 16.1 Å². The molecule has 0 aliphatic rings. The van der Waals surface area contributed by atoms with Crippen molar-refractivity contribution < 1.29 is 9.53 Å². The van der Waals surface area contributed by atoms with Crippen molar-refractivity contribution in [2.24, 2.45) is 0 Å². The number of fused-ring (bicyclic) bond motifs is 1. The molecule has 0 bridgehead atoms. The monoisotopic (exact) mass is 465 g/mol. The first kappa shape index (κ1) is 22.6. The van der Waals surface area contributed by atoms with Gasteiger partial charge in [0.05, 0.1) is 31.9 Å². The van der Waals surface area contributed by atoms with E-state index in [0.717, 1.165) is 0 Å². The molecule has 1 heterocycles. The lowest BCUT2D eigenvalue weighted by Gasteiger charge is -2.17. The number of thioether (sulfide) groups is 1. The van der Waals surface area contributed by atoms with Crippen molar-refractivity contribution in [3.05, 3.63) is 62.9 Å². The first-order chi connectivity index (χ1) is 14.4. The molecule has 0 saturated heterocycles. The zero-order valence-corrected chi connectivity index (χ0v) is 18.9. The summed E-state index contributed by atoms with van der Waals surface area (Å²) in [6.45, 7) is 2.72. The van der Waals surface area contributed by atoms with Crippen molar-refractivity contribution in [2.75, 3.05) is 19.0 Å². The van der Waals surface area contributed by atoms with Crippen LogP contribution in [-0.4, -0.2) is 34.4 Å². The quantitative estimate of drug-likeness (QED) is 0.292. The SMILES string of the molecule is COCCCn1c(SC(C)C(=O)Nc2cccc(Cl)c2Cl)nc2ccccc2c1=O. The number of rotatable bonds is 8. The Labute approximate surface area is 188 Å². The van der Waals surface area contributed by atoms with Gasteiger partial charge in [-0.2, -0.15) is 0 Å². The van der Waals surface area contributed by atoms with E-state index in [4.69, 9.17) is 27.9 Å². The average Bonchev–Trinajstić information content (AvgIpc) is 2.73. The molecular weight excluding hydrogens is 445 g/mol. The summed E-state index contributed by atoms with van der Waals surface area (Å²) in [5.41, 5.74) is 0.897. The number of amides is 1. The van der Waals surface area contributed by atoms with Crippen LogP contribution in [0.3, 0.4) is 0 Å². The topological polar surface area (TPSA) is 73.2 Å². The number of nitrogens with one attached hydrogen (secondary N) is 1. The van der Waals surface area contributed by atoms with Crippen molar-refractivity contribution in [3.63, 3.8) is 0 Å². The molecule has 0 aliphatic heterocycles. The molecule has 1 unspecified atom stereocenters.